The molecule has 0 saturated carbocycles. The van der Waals surface area contributed by atoms with E-state index in [4.69, 9.17) is 4.74 Å². The number of nitrogens with zero attached hydrogens (tertiary/aromatic N) is 3. The highest BCUT2D eigenvalue weighted by molar-refractivity contribution is 5.98. The summed E-state index contributed by atoms with van der Waals surface area (Å²) in [4.78, 5) is 21.7. The molecule has 0 aromatic carbocycles. The van der Waals surface area contributed by atoms with Crippen molar-refractivity contribution in [3.63, 3.8) is 0 Å². The van der Waals surface area contributed by atoms with Crippen molar-refractivity contribution in [2.24, 2.45) is 5.92 Å². The maximum atomic E-state index is 13.0. The maximum Gasteiger partial charge on any atom is 0.245 e. The molecule has 1 aromatic heterocycles. The van der Waals surface area contributed by atoms with Gasteiger partial charge in [0.1, 0.15) is 5.82 Å². The summed E-state index contributed by atoms with van der Waals surface area (Å²) < 4.78 is 5.52. The number of hydrogen-bond donors (Lipinski definition) is 3. The molecule has 0 aliphatic carbocycles. The molecule has 0 bridgehead atoms. The minimum Gasteiger partial charge on any atom is -0.481 e. The van der Waals surface area contributed by atoms with E-state index in [0.29, 0.717) is 30.1 Å². The van der Waals surface area contributed by atoms with Gasteiger partial charge >= 0.3 is 0 Å². The third-order valence-electron chi connectivity index (χ3n) is 6.13. The van der Waals surface area contributed by atoms with Crippen LogP contribution in [0.15, 0.2) is 12.1 Å². The SMILES string of the molecule is COc1nc(N2CCC(N3CCC(CO)CC3)C2=O)ccc1C1CNNC1. The molecule has 3 aliphatic heterocycles. The van der Waals surface area contributed by atoms with Crippen molar-refractivity contribution in [1.82, 2.24) is 20.7 Å². The van der Waals surface area contributed by atoms with Gasteiger partial charge in [0.2, 0.25) is 11.8 Å². The summed E-state index contributed by atoms with van der Waals surface area (Å²) in [5.74, 6) is 2.10. The molecule has 27 heavy (non-hydrogen) atoms. The largest absolute Gasteiger partial charge is 0.481 e. The Morgan fingerprint density at radius 3 is 2.59 bits per heavy atom. The molecule has 1 aromatic rings. The number of anilines is 1. The third-order valence-corrected chi connectivity index (χ3v) is 6.13. The normalized spacial score (nSPS) is 25.5. The standard InChI is InChI=1S/C19H29N5O3/c1-27-18-15(14-10-20-21-11-14)2-3-17(22-18)24-9-6-16(19(24)26)23-7-4-13(12-25)5-8-23/h2-3,13-14,16,20-21,25H,4-12H2,1H3. The van der Waals surface area contributed by atoms with Crippen molar-refractivity contribution in [1.29, 1.82) is 0 Å². The van der Waals surface area contributed by atoms with Crippen molar-refractivity contribution >= 4 is 11.7 Å². The van der Waals surface area contributed by atoms with Crippen LogP contribution in [0.4, 0.5) is 5.82 Å². The number of pyridine rings is 1. The Balaban J connectivity index is 1.47. The van der Waals surface area contributed by atoms with Gasteiger partial charge in [0.15, 0.2) is 0 Å². The number of aliphatic hydroxyl groups is 1. The zero-order valence-electron chi connectivity index (χ0n) is 15.9. The molecule has 4 heterocycles. The first-order chi connectivity index (χ1) is 13.2. The van der Waals surface area contributed by atoms with Gasteiger partial charge < -0.3 is 9.84 Å². The second-order valence-electron chi connectivity index (χ2n) is 7.68. The highest BCUT2D eigenvalue weighted by atomic mass is 16.5. The lowest BCUT2D eigenvalue weighted by Gasteiger charge is -2.34. The Hall–Kier alpha value is -1.74. The molecule has 3 fully saturated rings. The molecule has 3 N–H and O–H groups in total. The lowest BCUT2D eigenvalue weighted by molar-refractivity contribution is -0.122. The number of carbonyl (C=O) groups excluding carboxylic acids is 1. The number of amides is 1. The number of rotatable bonds is 5. The molecule has 4 rings (SSSR count). The Morgan fingerprint density at radius 2 is 1.93 bits per heavy atom. The lowest BCUT2D eigenvalue weighted by Crippen LogP contribution is -2.46. The van der Waals surface area contributed by atoms with Gasteiger partial charge in [-0.15, -0.1) is 0 Å². The Bertz CT molecular complexity index is 671. The van der Waals surface area contributed by atoms with E-state index in [0.717, 1.165) is 51.0 Å². The number of ether oxygens (including phenoxy) is 1. The summed E-state index contributed by atoms with van der Waals surface area (Å²) in [7, 11) is 1.63. The number of hydrogen-bond acceptors (Lipinski definition) is 7. The molecule has 3 saturated heterocycles. The van der Waals surface area contributed by atoms with Gasteiger partial charge in [-0.1, -0.05) is 0 Å². The lowest BCUT2D eigenvalue weighted by atomic mass is 9.96. The fourth-order valence-corrected chi connectivity index (χ4v) is 4.43. The van der Waals surface area contributed by atoms with Crippen LogP contribution in [0.1, 0.15) is 30.7 Å². The molecule has 0 radical (unpaired) electrons. The number of nitrogens with one attached hydrogen (secondary N) is 2. The summed E-state index contributed by atoms with van der Waals surface area (Å²) in [6.45, 7) is 4.38. The first-order valence-corrected chi connectivity index (χ1v) is 9.88. The molecule has 1 amide bonds. The van der Waals surface area contributed by atoms with Crippen molar-refractivity contribution in [2.45, 2.75) is 31.2 Å². The summed E-state index contributed by atoms with van der Waals surface area (Å²) in [5.41, 5.74) is 7.32. The highest BCUT2D eigenvalue weighted by Gasteiger charge is 2.38. The van der Waals surface area contributed by atoms with Crippen LogP contribution in [-0.2, 0) is 4.79 Å². The van der Waals surface area contributed by atoms with Crippen LogP contribution in [-0.4, -0.2) is 73.4 Å². The fourth-order valence-electron chi connectivity index (χ4n) is 4.43. The predicted molar refractivity (Wildman–Crippen MR) is 102 cm³/mol. The second-order valence-corrected chi connectivity index (χ2v) is 7.68. The van der Waals surface area contributed by atoms with E-state index in [1.165, 1.54) is 0 Å². The van der Waals surface area contributed by atoms with E-state index in [1.54, 1.807) is 12.0 Å². The van der Waals surface area contributed by atoms with Crippen LogP contribution in [0.3, 0.4) is 0 Å². The summed E-state index contributed by atoms with van der Waals surface area (Å²) in [6.07, 6.45) is 2.75. The molecule has 8 heteroatoms. The van der Waals surface area contributed by atoms with E-state index in [9.17, 15) is 9.90 Å². The number of piperidine rings is 1. The predicted octanol–water partition coefficient (Wildman–Crippen LogP) is 0.0912. The molecule has 1 atom stereocenters. The number of aromatic nitrogens is 1. The number of likely N-dealkylation sites (tertiary alicyclic amines) is 1. The smallest absolute Gasteiger partial charge is 0.245 e. The van der Waals surface area contributed by atoms with E-state index in [1.807, 2.05) is 12.1 Å². The van der Waals surface area contributed by atoms with E-state index in [2.05, 4.69) is 20.7 Å². The highest BCUT2D eigenvalue weighted by Crippen LogP contribution is 2.31. The van der Waals surface area contributed by atoms with Crippen molar-refractivity contribution in [2.75, 3.05) is 51.3 Å². The van der Waals surface area contributed by atoms with E-state index in [-0.39, 0.29) is 18.6 Å². The molecular weight excluding hydrogens is 346 g/mol. The summed E-state index contributed by atoms with van der Waals surface area (Å²) in [5, 5.41) is 9.31. The van der Waals surface area contributed by atoms with Crippen molar-refractivity contribution in [3.8, 4) is 5.88 Å². The second kappa shape index (κ2) is 8.10. The summed E-state index contributed by atoms with van der Waals surface area (Å²) >= 11 is 0. The molecular formula is C19H29N5O3. The first-order valence-electron chi connectivity index (χ1n) is 9.88. The van der Waals surface area contributed by atoms with Crippen LogP contribution in [0.2, 0.25) is 0 Å². The number of methoxy groups -OCH3 is 1. The zero-order chi connectivity index (χ0) is 18.8. The van der Waals surface area contributed by atoms with Crippen LogP contribution in [0.25, 0.3) is 0 Å². The minimum atomic E-state index is -0.0691. The van der Waals surface area contributed by atoms with Gasteiger partial charge in [0.05, 0.1) is 13.2 Å². The number of hydrazine groups is 1. The summed E-state index contributed by atoms with van der Waals surface area (Å²) in [6, 6.07) is 3.91. The van der Waals surface area contributed by atoms with Gasteiger partial charge in [-0.25, -0.2) is 0 Å². The van der Waals surface area contributed by atoms with E-state index >= 15 is 0 Å². The van der Waals surface area contributed by atoms with E-state index < -0.39 is 0 Å². The molecule has 0 spiro atoms. The van der Waals surface area contributed by atoms with Crippen molar-refractivity contribution in [3.05, 3.63) is 17.7 Å². The van der Waals surface area contributed by atoms with Gasteiger partial charge in [-0.3, -0.25) is 25.4 Å². The molecule has 148 valence electrons. The van der Waals surface area contributed by atoms with Crippen LogP contribution >= 0.6 is 0 Å². The minimum absolute atomic E-state index is 0.0691. The van der Waals surface area contributed by atoms with Crippen molar-refractivity contribution < 1.29 is 14.6 Å². The third kappa shape index (κ3) is 3.67. The van der Waals surface area contributed by atoms with Crippen LogP contribution in [0.5, 0.6) is 5.88 Å². The first kappa shape index (κ1) is 18.6. The Morgan fingerprint density at radius 1 is 1.19 bits per heavy atom. The zero-order valence-corrected chi connectivity index (χ0v) is 15.9. The number of aliphatic hydroxyl groups excluding tert-OH is 1. The Kier molecular flexibility index (Phi) is 5.58. The average Bonchev–Trinajstić information content (AvgIpc) is 3.37. The molecule has 3 aliphatic rings. The molecule has 8 nitrogen and oxygen atoms in total. The Labute approximate surface area is 159 Å². The topological polar surface area (TPSA) is 90.0 Å². The molecule has 1 unspecified atom stereocenters. The maximum absolute atomic E-state index is 13.0. The van der Waals surface area contributed by atoms with Crippen LogP contribution < -0.4 is 20.5 Å². The fraction of sp³-hybridized carbons (Fsp3) is 0.684. The van der Waals surface area contributed by atoms with Gasteiger partial charge in [0.25, 0.3) is 0 Å². The number of carbonyl (C=O) groups is 1. The average molecular weight is 375 g/mol. The quantitative estimate of drug-likeness (QED) is 0.672. The monoisotopic (exact) mass is 375 g/mol. The van der Waals surface area contributed by atoms with Gasteiger partial charge in [-0.2, -0.15) is 4.98 Å². The van der Waals surface area contributed by atoms with Gasteiger partial charge in [0, 0.05) is 37.7 Å². The van der Waals surface area contributed by atoms with Crippen LogP contribution in [0, 0.1) is 5.92 Å². The van der Waals surface area contributed by atoms with Gasteiger partial charge in [-0.05, 0) is 50.4 Å².